The second-order valence-corrected chi connectivity index (χ2v) is 10.1. The SMILES string of the molecule is Cc1cccc(NC(=O)C2CCC(N3C(=O)C4C5C=CC(C6CC56)C4C3=O)CC2)c1. The largest absolute Gasteiger partial charge is 0.326 e. The fourth-order valence-electron chi connectivity index (χ4n) is 6.90. The summed E-state index contributed by atoms with van der Waals surface area (Å²) in [5.41, 5.74) is 1.95. The number of nitrogens with zero attached hydrogens (tertiary/aromatic N) is 1. The number of hydrogen-bond donors (Lipinski definition) is 1. The molecule has 6 atom stereocenters. The molecule has 2 bridgehead atoms. The van der Waals surface area contributed by atoms with Crippen molar-refractivity contribution in [2.75, 3.05) is 5.32 Å². The van der Waals surface area contributed by atoms with Crippen LogP contribution < -0.4 is 5.32 Å². The molecule has 5 heteroatoms. The van der Waals surface area contributed by atoms with Crippen LogP contribution in [0.1, 0.15) is 37.7 Å². The molecule has 1 aromatic carbocycles. The van der Waals surface area contributed by atoms with Crippen molar-refractivity contribution in [2.24, 2.45) is 41.4 Å². The maximum Gasteiger partial charge on any atom is 0.233 e. The summed E-state index contributed by atoms with van der Waals surface area (Å²) in [6, 6.07) is 7.80. The number of hydrogen-bond acceptors (Lipinski definition) is 3. The molecule has 4 fully saturated rings. The van der Waals surface area contributed by atoms with Crippen molar-refractivity contribution in [2.45, 2.75) is 45.1 Å². The zero-order chi connectivity index (χ0) is 20.6. The molecule has 7 rings (SSSR count). The maximum atomic E-state index is 13.3. The van der Waals surface area contributed by atoms with E-state index in [0.29, 0.717) is 11.8 Å². The third-order valence-corrected chi connectivity index (χ3v) is 8.42. The lowest BCUT2D eigenvalue weighted by Gasteiger charge is -2.37. The average Bonchev–Trinajstić information content (AvgIpc) is 3.52. The Kier molecular flexibility index (Phi) is 4.00. The first-order valence-corrected chi connectivity index (χ1v) is 11.5. The normalized spacial score (nSPS) is 40.9. The van der Waals surface area contributed by atoms with Crippen molar-refractivity contribution in [3.05, 3.63) is 42.0 Å². The summed E-state index contributed by atoms with van der Waals surface area (Å²) in [5.74, 6) is 1.75. The Morgan fingerprint density at radius 2 is 1.60 bits per heavy atom. The van der Waals surface area contributed by atoms with E-state index in [4.69, 9.17) is 0 Å². The smallest absolute Gasteiger partial charge is 0.233 e. The van der Waals surface area contributed by atoms with E-state index in [0.717, 1.165) is 36.9 Å². The summed E-state index contributed by atoms with van der Waals surface area (Å²) in [4.78, 5) is 40.9. The number of likely N-dealkylation sites (tertiary alicyclic amines) is 1. The topological polar surface area (TPSA) is 66.5 Å². The molecule has 3 saturated carbocycles. The van der Waals surface area contributed by atoms with Gasteiger partial charge in [0.2, 0.25) is 17.7 Å². The lowest BCUT2D eigenvalue weighted by molar-refractivity contribution is -0.144. The molecule has 6 aliphatic rings. The highest BCUT2D eigenvalue weighted by molar-refractivity contribution is 6.06. The van der Waals surface area contributed by atoms with Gasteiger partial charge in [-0.1, -0.05) is 24.3 Å². The fraction of sp³-hybridized carbons (Fsp3) is 0.560. The van der Waals surface area contributed by atoms with E-state index in [9.17, 15) is 14.4 Å². The van der Waals surface area contributed by atoms with Crippen LogP contribution in [0.5, 0.6) is 0 Å². The van der Waals surface area contributed by atoms with Gasteiger partial charge in [-0.3, -0.25) is 19.3 Å². The summed E-state index contributed by atoms with van der Waals surface area (Å²) in [7, 11) is 0. The molecule has 5 aliphatic carbocycles. The Morgan fingerprint density at radius 1 is 0.967 bits per heavy atom. The summed E-state index contributed by atoms with van der Waals surface area (Å²) >= 11 is 0. The van der Waals surface area contributed by atoms with E-state index in [-0.39, 0.29) is 53.4 Å². The number of imide groups is 1. The van der Waals surface area contributed by atoms with Gasteiger partial charge in [-0.25, -0.2) is 0 Å². The van der Waals surface area contributed by atoms with Crippen LogP contribution >= 0.6 is 0 Å². The minimum atomic E-state index is -0.112. The molecule has 156 valence electrons. The first-order valence-electron chi connectivity index (χ1n) is 11.5. The lowest BCUT2D eigenvalue weighted by Crippen LogP contribution is -2.44. The Bertz CT molecular complexity index is 925. The zero-order valence-electron chi connectivity index (χ0n) is 17.3. The number of anilines is 1. The van der Waals surface area contributed by atoms with Gasteiger partial charge in [-0.2, -0.15) is 0 Å². The molecule has 1 aromatic rings. The average molecular weight is 405 g/mol. The lowest BCUT2D eigenvalue weighted by atomic mass is 9.63. The van der Waals surface area contributed by atoms with E-state index in [1.54, 1.807) is 4.90 Å². The highest BCUT2D eigenvalue weighted by atomic mass is 16.2. The molecule has 1 N–H and O–H groups in total. The van der Waals surface area contributed by atoms with Gasteiger partial charge in [-0.15, -0.1) is 0 Å². The second-order valence-electron chi connectivity index (χ2n) is 10.1. The maximum absolute atomic E-state index is 13.3. The van der Waals surface area contributed by atoms with Gasteiger partial charge in [0.1, 0.15) is 0 Å². The van der Waals surface area contributed by atoms with Crippen LogP contribution in [-0.2, 0) is 14.4 Å². The number of carbonyl (C=O) groups excluding carboxylic acids is 3. The molecule has 5 nitrogen and oxygen atoms in total. The predicted molar refractivity (Wildman–Crippen MR) is 112 cm³/mol. The number of carbonyl (C=O) groups is 3. The highest BCUT2D eigenvalue weighted by Gasteiger charge is 2.67. The van der Waals surface area contributed by atoms with Gasteiger partial charge in [0.05, 0.1) is 11.8 Å². The van der Waals surface area contributed by atoms with Crippen molar-refractivity contribution in [1.29, 1.82) is 0 Å². The van der Waals surface area contributed by atoms with Gasteiger partial charge in [0.15, 0.2) is 0 Å². The molecule has 0 aromatic heterocycles. The third-order valence-electron chi connectivity index (χ3n) is 8.42. The van der Waals surface area contributed by atoms with Gasteiger partial charge >= 0.3 is 0 Å². The molecule has 1 aliphatic heterocycles. The van der Waals surface area contributed by atoms with E-state index in [2.05, 4.69) is 17.5 Å². The van der Waals surface area contributed by atoms with Crippen molar-refractivity contribution in [1.82, 2.24) is 4.90 Å². The molecule has 1 heterocycles. The minimum Gasteiger partial charge on any atom is -0.326 e. The molecule has 3 amide bonds. The molecule has 1 saturated heterocycles. The van der Waals surface area contributed by atoms with E-state index < -0.39 is 0 Å². The Morgan fingerprint density at radius 3 is 2.20 bits per heavy atom. The van der Waals surface area contributed by atoms with Crippen LogP contribution in [-0.4, -0.2) is 28.7 Å². The van der Waals surface area contributed by atoms with E-state index in [1.807, 2.05) is 31.2 Å². The molecular weight excluding hydrogens is 376 g/mol. The summed E-state index contributed by atoms with van der Waals surface area (Å²) in [6.45, 7) is 2.01. The van der Waals surface area contributed by atoms with Crippen LogP contribution in [0.3, 0.4) is 0 Å². The van der Waals surface area contributed by atoms with Crippen molar-refractivity contribution < 1.29 is 14.4 Å². The van der Waals surface area contributed by atoms with Crippen LogP contribution in [0.2, 0.25) is 0 Å². The monoisotopic (exact) mass is 404 g/mol. The fourth-order valence-corrected chi connectivity index (χ4v) is 6.90. The molecule has 30 heavy (non-hydrogen) atoms. The summed E-state index contributed by atoms with van der Waals surface area (Å²) < 4.78 is 0. The Balaban J connectivity index is 1.12. The standard InChI is InChI=1S/C25H28N2O3/c1-13-3-2-4-15(11-13)26-23(28)14-5-7-16(8-6-14)27-24(29)21-17-9-10-18(20-12-19(17)20)22(21)25(27)30/h2-4,9-11,14,16-22H,5-8,12H2,1H3,(H,26,28). The second kappa shape index (κ2) is 6.53. The minimum absolute atomic E-state index is 0.0330. The van der Waals surface area contributed by atoms with Crippen molar-refractivity contribution in [3.8, 4) is 0 Å². The number of nitrogens with one attached hydrogen (secondary N) is 1. The molecule has 0 spiro atoms. The predicted octanol–water partition coefficient (Wildman–Crippen LogP) is 3.55. The summed E-state index contributed by atoms with van der Waals surface area (Å²) in [5, 5.41) is 3.03. The quantitative estimate of drug-likeness (QED) is 0.619. The Hall–Kier alpha value is -2.43. The molecular formula is C25H28N2O3. The van der Waals surface area contributed by atoms with Crippen LogP contribution in [0, 0.1) is 48.3 Å². The number of aryl methyl sites for hydroxylation is 1. The van der Waals surface area contributed by atoms with E-state index in [1.165, 1.54) is 6.42 Å². The van der Waals surface area contributed by atoms with Crippen LogP contribution in [0.4, 0.5) is 5.69 Å². The van der Waals surface area contributed by atoms with Gasteiger partial charge in [-0.05, 0) is 80.4 Å². The number of rotatable bonds is 3. The highest BCUT2D eigenvalue weighted by Crippen LogP contribution is 2.65. The number of benzene rings is 1. The first kappa shape index (κ1) is 18.3. The van der Waals surface area contributed by atoms with Crippen LogP contribution in [0.15, 0.2) is 36.4 Å². The van der Waals surface area contributed by atoms with E-state index >= 15 is 0 Å². The van der Waals surface area contributed by atoms with Gasteiger partial charge in [0.25, 0.3) is 0 Å². The van der Waals surface area contributed by atoms with Crippen LogP contribution in [0.25, 0.3) is 0 Å². The van der Waals surface area contributed by atoms with Crippen molar-refractivity contribution >= 4 is 23.4 Å². The van der Waals surface area contributed by atoms with Crippen molar-refractivity contribution in [3.63, 3.8) is 0 Å². The summed E-state index contributed by atoms with van der Waals surface area (Å²) in [6.07, 6.45) is 8.56. The van der Waals surface area contributed by atoms with Gasteiger partial charge < -0.3 is 5.32 Å². The Labute approximate surface area is 176 Å². The number of allylic oxidation sites excluding steroid dienone is 2. The molecule has 0 radical (unpaired) electrons. The molecule has 6 unspecified atom stereocenters. The number of amides is 3. The zero-order valence-corrected chi connectivity index (χ0v) is 17.3. The third kappa shape index (κ3) is 2.63. The first-order chi connectivity index (χ1) is 14.5. The van der Waals surface area contributed by atoms with Gasteiger partial charge in [0, 0.05) is 17.6 Å².